The smallest absolute Gasteiger partial charge is 0.126 e. The lowest BCUT2D eigenvalue weighted by molar-refractivity contribution is 0.613. The minimum Gasteiger partial charge on any atom is -0.316 e. The molecule has 0 saturated carbocycles. The Morgan fingerprint density at radius 2 is 2.08 bits per heavy atom. The highest BCUT2D eigenvalue weighted by Crippen LogP contribution is 2.10. The SMILES string of the molecule is CNCc1cccc(F)c1C.Cl. The number of hydrogen-bond donors (Lipinski definition) is 1. The molecule has 0 aliphatic carbocycles. The van der Waals surface area contributed by atoms with Crippen molar-refractivity contribution in [3.8, 4) is 0 Å². The second kappa shape index (κ2) is 5.12. The molecule has 3 heteroatoms. The van der Waals surface area contributed by atoms with E-state index in [0.29, 0.717) is 0 Å². The third kappa shape index (κ3) is 2.47. The summed E-state index contributed by atoms with van der Waals surface area (Å²) in [5, 5.41) is 2.99. The monoisotopic (exact) mass is 189 g/mol. The normalized spacial score (nSPS) is 9.25. The molecule has 0 unspecified atom stereocenters. The van der Waals surface area contributed by atoms with E-state index in [1.807, 2.05) is 13.1 Å². The Kier molecular flexibility index (Phi) is 4.86. The number of hydrogen-bond acceptors (Lipinski definition) is 1. The summed E-state index contributed by atoms with van der Waals surface area (Å²) in [6.07, 6.45) is 0. The Labute approximate surface area is 78.4 Å². The maximum absolute atomic E-state index is 12.9. The lowest BCUT2D eigenvalue weighted by atomic mass is 10.1. The first-order valence-corrected chi connectivity index (χ1v) is 3.64. The number of rotatable bonds is 2. The third-order valence-electron chi connectivity index (χ3n) is 1.75. The van der Waals surface area contributed by atoms with Crippen LogP contribution in [0.3, 0.4) is 0 Å². The molecule has 0 radical (unpaired) electrons. The molecule has 68 valence electrons. The second-order valence-corrected chi connectivity index (χ2v) is 2.55. The van der Waals surface area contributed by atoms with E-state index >= 15 is 0 Å². The van der Waals surface area contributed by atoms with Gasteiger partial charge in [-0.1, -0.05) is 12.1 Å². The third-order valence-corrected chi connectivity index (χ3v) is 1.75. The van der Waals surface area contributed by atoms with Gasteiger partial charge in [-0.2, -0.15) is 0 Å². The van der Waals surface area contributed by atoms with Gasteiger partial charge < -0.3 is 5.32 Å². The molecule has 0 bridgehead atoms. The number of halogens is 2. The van der Waals surface area contributed by atoms with Crippen LogP contribution in [0.1, 0.15) is 11.1 Å². The van der Waals surface area contributed by atoms with Crippen LogP contribution in [-0.2, 0) is 6.54 Å². The van der Waals surface area contributed by atoms with E-state index in [-0.39, 0.29) is 18.2 Å². The summed E-state index contributed by atoms with van der Waals surface area (Å²) < 4.78 is 12.9. The average molecular weight is 190 g/mol. The van der Waals surface area contributed by atoms with Gasteiger partial charge in [0.25, 0.3) is 0 Å². The Balaban J connectivity index is 0.00000121. The molecule has 0 aliphatic heterocycles. The zero-order valence-electron chi connectivity index (χ0n) is 7.23. The maximum Gasteiger partial charge on any atom is 0.126 e. The van der Waals surface area contributed by atoms with Crippen molar-refractivity contribution in [2.24, 2.45) is 0 Å². The molecule has 1 aromatic rings. The minimum absolute atomic E-state index is 0. The first-order valence-electron chi connectivity index (χ1n) is 3.64. The van der Waals surface area contributed by atoms with Crippen molar-refractivity contribution in [2.45, 2.75) is 13.5 Å². The highest BCUT2D eigenvalue weighted by atomic mass is 35.5. The topological polar surface area (TPSA) is 12.0 Å². The van der Waals surface area contributed by atoms with Crippen molar-refractivity contribution in [1.29, 1.82) is 0 Å². The Hall–Kier alpha value is -0.600. The molecular weight excluding hydrogens is 177 g/mol. The summed E-state index contributed by atoms with van der Waals surface area (Å²) in [6, 6.07) is 5.14. The van der Waals surface area contributed by atoms with Crippen LogP contribution in [0.5, 0.6) is 0 Å². The second-order valence-electron chi connectivity index (χ2n) is 2.55. The van der Waals surface area contributed by atoms with Crippen LogP contribution in [0.2, 0.25) is 0 Å². The van der Waals surface area contributed by atoms with Crippen LogP contribution in [0, 0.1) is 12.7 Å². The summed E-state index contributed by atoms with van der Waals surface area (Å²) in [7, 11) is 1.85. The summed E-state index contributed by atoms with van der Waals surface area (Å²) in [6.45, 7) is 2.52. The highest BCUT2D eigenvalue weighted by Gasteiger charge is 2.00. The molecule has 0 fully saturated rings. The van der Waals surface area contributed by atoms with Crippen LogP contribution in [0.25, 0.3) is 0 Å². The van der Waals surface area contributed by atoms with Crippen LogP contribution in [-0.4, -0.2) is 7.05 Å². The van der Waals surface area contributed by atoms with Crippen LogP contribution >= 0.6 is 12.4 Å². The maximum atomic E-state index is 12.9. The summed E-state index contributed by atoms with van der Waals surface area (Å²) in [5.74, 6) is -0.127. The molecule has 1 N–H and O–H groups in total. The predicted molar refractivity (Wildman–Crippen MR) is 51.1 cm³/mol. The molecule has 1 nitrogen and oxygen atoms in total. The molecule has 12 heavy (non-hydrogen) atoms. The fourth-order valence-corrected chi connectivity index (χ4v) is 1.03. The molecule has 0 saturated heterocycles. The molecule has 0 spiro atoms. The predicted octanol–water partition coefficient (Wildman–Crippen LogP) is 2.28. The molecule has 0 atom stereocenters. The molecular formula is C9H13ClFN. The van der Waals surface area contributed by atoms with E-state index in [9.17, 15) is 4.39 Å². The Morgan fingerprint density at radius 1 is 1.42 bits per heavy atom. The molecule has 0 aromatic heterocycles. The fourth-order valence-electron chi connectivity index (χ4n) is 1.03. The van der Waals surface area contributed by atoms with Gasteiger partial charge in [0.1, 0.15) is 5.82 Å². The lowest BCUT2D eigenvalue weighted by Crippen LogP contribution is -2.07. The standard InChI is InChI=1S/C9H12FN.ClH/c1-7-8(6-11-2)4-3-5-9(7)10;/h3-5,11H,6H2,1-2H3;1H. The quantitative estimate of drug-likeness (QED) is 0.753. The zero-order chi connectivity index (χ0) is 8.27. The van der Waals surface area contributed by atoms with Gasteiger partial charge in [-0.05, 0) is 31.2 Å². The van der Waals surface area contributed by atoms with Crippen molar-refractivity contribution >= 4 is 12.4 Å². The van der Waals surface area contributed by atoms with Crippen LogP contribution in [0.15, 0.2) is 18.2 Å². The van der Waals surface area contributed by atoms with Crippen LogP contribution < -0.4 is 5.32 Å². The highest BCUT2D eigenvalue weighted by molar-refractivity contribution is 5.85. The van der Waals surface area contributed by atoms with Gasteiger partial charge in [0.15, 0.2) is 0 Å². The van der Waals surface area contributed by atoms with E-state index in [1.54, 1.807) is 13.0 Å². The molecule has 1 rings (SSSR count). The van der Waals surface area contributed by atoms with E-state index in [2.05, 4.69) is 5.32 Å². The first kappa shape index (κ1) is 11.4. The van der Waals surface area contributed by atoms with Gasteiger partial charge in [0.2, 0.25) is 0 Å². The van der Waals surface area contributed by atoms with Gasteiger partial charge in [0, 0.05) is 6.54 Å². The van der Waals surface area contributed by atoms with Gasteiger partial charge >= 0.3 is 0 Å². The summed E-state index contributed by atoms with van der Waals surface area (Å²) in [4.78, 5) is 0. The number of benzene rings is 1. The molecule has 0 heterocycles. The van der Waals surface area contributed by atoms with E-state index in [1.165, 1.54) is 6.07 Å². The fraction of sp³-hybridized carbons (Fsp3) is 0.333. The van der Waals surface area contributed by atoms with Gasteiger partial charge in [-0.3, -0.25) is 0 Å². The summed E-state index contributed by atoms with van der Waals surface area (Å²) >= 11 is 0. The largest absolute Gasteiger partial charge is 0.316 e. The Morgan fingerprint density at radius 3 is 2.67 bits per heavy atom. The van der Waals surface area contributed by atoms with Gasteiger partial charge in [0.05, 0.1) is 0 Å². The van der Waals surface area contributed by atoms with Gasteiger partial charge in [-0.25, -0.2) is 4.39 Å². The van der Waals surface area contributed by atoms with Crippen molar-refractivity contribution in [2.75, 3.05) is 7.05 Å². The van der Waals surface area contributed by atoms with Crippen LogP contribution in [0.4, 0.5) is 4.39 Å². The van der Waals surface area contributed by atoms with E-state index < -0.39 is 0 Å². The zero-order valence-corrected chi connectivity index (χ0v) is 8.04. The van der Waals surface area contributed by atoms with Crippen molar-refractivity contribution < 1.29 is 4.39 Å². The van der Waals surface area contributed by atoms with E-state index in [4.69, 9.17) is 0 Å². The van der Waals surface area contributed by atoms with Crippen molar-refractivity contribution in [3.05, 3.63) is 35.1 Å². The average Bonchev–Trinajstić information content (AvgIpc) is 1.99. The first-order chi connectivity index (χ1) is 5.25. The van der Waals surface area contributed by atoms with E-state index in [0.717, 1.165) is 17.7 Å². The van der Waals surface area contributed by atoms with Gasteiger partial charge in [-0.15, -0.1) is 12.4 Å². The van der Waals surface area contributed by atoms with Crippen molar-refractivity contribution in [1.82, 2.24) is 5.32 Å². The Bertz CT molecular complexity index is 250. The number of nitrogens with one attached hydrogen (secondary N) is 1. The summed E-state index contributed by atoms with van der Waals surface area (Å²) in [5.41, 5.74) is 1.76. The lowest BCUT2D eigenvalue weighted by Gasteiger charge is -2.04. The minimum atomic E-state index is -0.127. The van der Waals surface area contributed by atoms with Crippen molar-refractivity contribution in [3.63, 3.8) is 0 Å². The molecule has 0 aliphatic rings. The molecule has 1 aromatic carbocycles. The molecule has 0 amide bonds.